The number of pyridine rings is 1. The molecule has 0 unspecified atom stereocenters. The van der Waals surface area contributed by atoms with E-state index >= 15 is 0 Å². The summed E-state index contributed by atoms with van der Waals surface area (Å²) in [4.78, 5) is 30.7. The van der Waals surface area contributed by atoms with Crippen LogP contribution in [0.25, 0.3) is 10.9 Å². The Morgan fingerprint density at radius 2 is 2.10 bits per heavy atom. The molecule has 0 spiro atoms. The molecule has 1 aromatic heterocycles. The SMILES string of the molecule is COc1cccc(C(=O)N(Cc2cc3cc(C)ccc3[nH]c2=O)C[C@@H]2CCCO2)c1. The van der Waals surface area contributed by atoms with Gasteiger partial charge in [-0.15, -0.1) is 0 Å². The Morgan fingerprint density at radius 3 is 2.87 bits per heavy atom. The number of ether oxygens (including phenoxy) is 2. The van der Waals surface area contributed by atoms with Crippen LogP contribution in [0.2, 0.25) is 0 Å². The molecule has 0 bridgehead atoms. The smallest absolute Gasteiger partial charge is 0.254 e. The lowest BCUT2D eigenvalue weighted by atomic mass is 10.1. The summed E-state index contributed by atoms with van der Waals surface area (Å²) >= 11 is 0. The number of amides is 1. The second kappa shape index (κ2) is 8.71. The number of benzene rings is 2. The van der Waals surface area contributed by atoms with Crippen molar-refractivity contribution in [2.75, 3.05) is 20.3 Å². The molecule has 2 aromatic carbocycles. The Labute approximate surface area is 175 Å². The fourth-order valence-corrected chi connectivity index (χ4v) is 3.89. The van der Waals surface area contributed by atoms with E-state index in [9.17, 15) is 9.59 Å². The zero-order valence-electron chi connectivity index (χ0n) is 17.3. The minimum atomic E-state index is -0.179. The summed E-state index contributed by atoms with van der Waals surface area (Å²) in [5.74, 6) is 0.477. The molecule has 3 aromatic rings. The number of hydrogen-bond acceptors (Lipinski definition) is 4. The maximum atomic E-state index is 13.3. The molecule has 156 valence electrons. The third-order valence-electron chi connectivity index (χ3n) is 5.49. The predicted molar refractivity (Wildman–Crippen MR) is 116 cm³/mol. The molecular formula is C24H26N2O4. The lowest BCUT2D eigenvalue weighted by Gasteiger charge is -2.25. The van der Waals surface area contributed by atoms with Crippen molar-refractivity contribution in [1.82, 2.24) is 9.88 Å². The average molecular weight is 406 g/mol. The Balaban J connectivity index is 1.67. The van der Waals surface area contributed by atoms with Crippen molar-refractivity contribution in [3.8, 4) is 5.75 Å². The Morgan fingerprint density at radius 1 is 1.23 bits per heavy atom. The summed E-state index contributed by atoms with van der Waals surface area (Å²) in [5.41, 5.74) is 2.81. The number of aromatic nitrogens is 1. The van der Waals surface area contributed by atoms with Crippen molar-refractivity contribution < 1.29 is 14.3 Å². The molecule has 0 radical (unpaired) electrons. The van der Waals surface area contributed by atoms with E-state index in [2.05, 4.69) is 4.98 Å². The molecule has 6 heteroatoms. The third kappa shape index (κ3) is 4.39. The van der Waals surface area contributed by atoms with Crippen molar-refractivity contribution in [3.05, 3.63) is 75.6 Å². The quantitative estimate of drug-likeness (QED) is 0.678. The largest absolute Gasteiger partial charge is 0.497 e. The first-order chi connectivity index (χ1) is 14.5. The van der Waals surface area contributed by atoms with Gasteiger partial charge in [-0.3, -0.25) is 9.59 Å². The molecule has 30 heavy (non-hydrogen) atoms. The summed E-state index contributed by atoms with van der Waals surface area (Å²) in [7, 11) is 1.57. The van der Waals surface area contributed by atoms with Gasteiger partial charge in [0.1, 0.15) is 5.75 Å². The summed E-state index contributed by atoms with van der Waals surface area (Å²) in [6, 6.07) is 14.9. The van der Waals surface area contributed by atoms with Crippen LogP contribution in [-0.4, -0.2) is 42.2 Å². The van der Waals surface area contributed by atoms with E-state index in [-0.39, 0.29) is 24.1 Å². The highest BCUT2D eigenvalue weighted by Gasteiger charge is 2.25. The molecule has 2 heterocycles. The summed E-state index contributed by atoms with van der Waals surface area (Å²) < 4.78 is 11.0. The molecule has 1 N–H and O–H groups in total. The van der Waals surface area contributed by atoms with Gasteiger partial charge in [-0.1, -0.05) is 17.7 Å². The lowest BCUT2D eigenvalue weighted by molar-refractivity contribution is 0.0506. The first-order valence-electron chi connectivity index (χ1n) is 10.2. The molecule has 4 rings (SSSR count). The first kappa shape index (κ1) is 20.2. The predicted octanol–water partition coefficient (Wildman–Crippen LogP) is 3.67. The topological polar surface area (TPSA) is 71.6 Å². The van der Waals surface area contributed by atoms with Crippen molar-refractivity contribution >= 4 is 16.8 Å². The zero-order chi connectivity index (χ0) is 21.1. The van der Waals surface area contributed by atoms with E-state index in [1.807, 2.05) is 31.2 Å². The van der Waals surface area contributed by atoms with E-state index in [0.717, 1.165) is 29.3 Å². The highest BCUT2D eigenvalue weighted by atomic mass is 16.5. The third-order valence-corrected chi connectivity index (χ3v) is 5.49. The van der Waals surface area contributed by atoms with E-state index in [1.54, 1.807) is 36.3 Å². The molecular weight excluding hydrogens is 380 g/mol. The van der Waals surface area contributed by atoms with Crippen LogP contribution in [0.1, 0.15) is 34.3 Å². The molecule has 1 amide bonds. The number of hydrogen-bond donors (Lipinski definition) is 1. The van der Waals surface area contributed by atoms with Gasteiger partial charge in [-0.05, 0) is 61.5 Å². The van der Waals surface area contributed by atoms with Crippen molar-refractivity contribution in [2.24, 2.45) is 0 Å². The van der Waals surface area contributed by atoms with Gasteiger partial charge in [0.25, 0.3) is 11.5 Å². The number of H-pyrrole nitrogens is 1. The molecule has 6 nitrogen and oxygen atoms in total. The molecule has 1 aliphatic heterocycles. The number of carbonyl (C=O) groups is 1. The molecule has 1 aliphatic rings. The highest BCUT2D eigenvalue weighted by molar-refractivity contribution is 5.94. The zero-order valence-corrected chi connectivity index (χ0v) is 17.3. The molecule has 1 fully saturated rings. The molecule has 1 saturated heterocycles. The van der Waals surface area contributed by atoms with Gasteiger partial charge >= 0.3 is 0 Å². The number of nitrogens with zero attached hydrogens (tertiary/aromatic N) is 1. The lowest BCUT2D eigenvalue weighted by Crippen LogP contribution is -2.38. The number of fused-ring (bicyclic) bond motifs is 1. The van der Waals surface area contributed by atoms with E-state index in [0.29, 0.717) is 30.0 Å². The normalized spacial score (nSPS) is 16.0. The van der Waals surface area contributed by atoms with Crippen LogP contribution >= 0.6 is 0 Å². The second-order valence-electron chi connectivity index (χ2n) is 7.77. The first-order valence-corrected chi connectivity index (χ1v) is 10.2. The van der Waals surface area contributed by atoms with Gasteiger partial charge < -0.3 is 19.4 Å². The number of aryl methyl sites for hydroxylation is 1. The Bertz CT molecular complexity index is 1120. The van der Waals surface area contributed by atoms with Gasteiger partial charge in [0.2, 0.25) is 0 Å². The van der Waals surface area contributed by atoms with E-state index in [1.165, 1.54) is 0 Å². The maximum Gasteiger partial charge on any atom is 0.254 e. The van der Waals surface area contributed by atoms with Crippen LogP contribution in [0.3, 0.4) is 0 Å². The van der Waals surface area contributed by atoms with Crippen LogP contribution in [0.4, 0.5) is 0 Å². The number of aromatic amines is 1. The summed E-state index contributed by atoms with van der Waals surface area (Å²) in [6.45, 7) is 3.39. The number of carbonyl (C=O) groups excluding carboxylic acids is 1. The maximum absolute atomic E-state index is 13.3. The summed E-state index contributed by atoms with van der Waals surface area (Å²) in [5, 5.41) is 0.954. The van der Waals surface area contributed by atoms with Gasteiger partial charge in [0, 0.05) is 29.8 Å². The van der Waals surface area contributed by atoms with Gasteiger partial charge in [-0.25, -0.2) is 0 Å². The fourth-order valence-electron chi connectivity index (χ4n) is 3.89. The van der Waals surface area contributed by atoms with Crippen molar-refractivity contribution in [2.45, 2.75) is 32.4 Å². The van der Waals surface area contributed by atoms with Crippen molar-refractivity contribution in [1.29, 1.82) is 0 Å². The number of rotatable bonds is 6. The number of methoxy groups -OCH3 is 1. The van der Waals surface area contributed by atoms with Crippen LogP contribution < -0.4 is 10.3 Å². The Hall–Kier alpha value is -3.12. The minimum Gasteiger partial charge on any atom is -0.497 e. The minimum absolute atomic E-state index is 0.0126. The van der Waals surface area contributed by atoms with E-state index < -0.39 is 0 Å². The van der Waals surface area contributed by atoms with Crippen LogP contribution in [-0.2, 0) is 11.3 Å². The molecule has 0 saturated carbocycles. The van der Waals surface area contributed by atoms with E-state index in [4.69, 9.17) is 9.47 Å². The monoisotopic (exact) mass is 406 g/mol. The van der Waals surface area contributed by atoms with Crippen LogP contribution in [0, 0.1) is 6.92 Å². The van der Waals surface area contributed by atoms with Gasteiger partial charge in [0.15, 0.2) is 0 Å². The van der Waals surface area contributed by atoms with Crippen LogP contribution in [0.5, 0.6) is 5.75 Å². The fraction of sp³-hybridized carbons (Fsp3) is 0.333. The highest BCUT2D eigenvalue weighted by Crippen LogP contribution is 2.20. The number of nitrogens with one attached hydrogen (secondary N) is 1. The average Bonchev–Trinajstić information content (AvgIpc) is 3.26. The summed E-state index contributed by atoms with van der Waals surface area (Å²) in [6.07, 6.45) is 1.89. The second-order valence-corrected chi connectivity index (χ2v) is 7.77. The van der Waals surface area contributed by atoms with Crippen LogP contribution in [0.15, 0.2) is 53.3 Å². The van der Waals surface area contributed by atoms with Gasteiger partial charge in [0.05, 0.1) is 19.8 Å². The molecule has 0 aliphatic carbocycles. The Kier molecular flexibility index (Phi) is 5.86. The van der Waals surface area contributed by atoms with Gasteiger partial charge in [-0.2, -0.15) is 0 Å². The molecule has 1 atom stereocenters. The van der Waals surface area contributed by atoms with Crippen molar-refractivity contribution in [3.63, 3.8) is 0 Å². The standard InChI is InChI=1S/C24H26N2O4/c1-16-8-9-22-18(11-16)12-19(23(27)25-22)14-26(15-21-7-4-10-30-21)24(28)17-5-3-6-20(13-17)29-2/h3,5-6,8-9,11-13,21H,4,7,10,14-15H2,1-2H3,(H,25,27)/t21-/m0/s1.